The zero-order valence-electron chi connectivity index (χ0n) is 15.7. The Morgan fingerprint density at radius 2 is 1.71 bits per heavy atom. The van der Waals surface area contributed by atoms with E-state index in [1.54, 1.807) is 14.0 Å². The highest BCUT2D eigenvalue weighted by molar-refractivity contribution is 5.94. The summed E-state index contributed by atoms with van der Waals surface area (Å²) in [6, 6.07) is 8.97. The molecule has 0 aromatic heterocycles. The largest absolute Gasteiger partial charge is 0.495 e. The molecule has 0 unspecified atom stereocenters. The smallest absolute Gasteiger partial charge is 0.241 e. The fraction of sp³-hybridized carbons (Fsp3) is 0.350. The topological polar surface area (TPSA) is 44.8 Å². The third-order valence-electron chi connectivity index (χ3n) is 4.96. The lowest BCUT2D eigenvalue weighted by Crippen LogP contribution is -2.53. The SMILES string of the molecule is COc1ccccc1N1CCN([C@H](C)C(=O)Nc2ccc(F)c(F)c2F)CC1. The molecule has 1 amide bonds. The number of benzene rings is 2. The number of para-hydroxylation sites is 2. The van der Waals surface area contributed by atoms with E-state index in [0.29, 0.717) is 26.2 Å². The maximum absolute atomic E-state index is 13.8. The summed E-state index contributed by atoms with van der Waals surface area (Å²) in [6.07, 6.45) is 0. The van der Waals surface area contributed by atoms with Crippen molar-refractivity contribution in [1.29, 1.82) is 0 Å². The lowest BCUT2D eigenvalue weighted by Gasteiger charge is -2.38. The Hall–Kier alpha value is -2.74. The number of rotatable bonds is 5. The van der Waals surface area contributed by atoms with Gasteiger partial charge in [-0.05, 0) is 31.2 Å². The molecule has 150 valence electrons. The van der Waals surface area contributed by atoms with Gasteiger partial charge in [0.05, 0.1) is 24.5 Å². The number of hydrogen-bond acceptors (Lipinski definition) is 4. The van der Waals surface area contributed by atoms with Crippen molar-refractivity contribution >= 4 is 17.3 Å². The number of nitrogens with one attached hydrogen (secondary N) is 1. The Kier molecular flexibility index (Phi) is 6.08. The molecular weight excluding hydrogens is 371 g/mol. The molecule has 0 spiro atoms. The van der Waals surface area contributed by atoms with Crippen LogP contribution in [0.5, 0.6) is 5.75 Å². The van der Waals surface area contributed by atoms with Crippen LogP contribution in [-0.2, 0) is 4.79 Å². The summed E-state index contributed by atoms with van der Waals surface area (Å²) in [5.41, 5.74) is 0.619. The van der Waals surface area contributed by atoms with Crippen molar-refractivity contribution in [2.24, 2.45) is 0 Å². The van der Waals surface area contributed by atoms with Crippen LogP contribution in [0.4, 0.5) is 24.5 Å². The molecule has 2 aromatic rings. The van der Waals surface area contributed by atoms with Gasteiger partial charge < -0.3 is 15.0 Å². The quantitative estimate of drug-likeness (QED) is 0.792. The fourth-order valence-corrected chi connectivity index (χ4v) is 3.27. The highest BCUT2D eigenvalue weighted by Gasteiger charge is 2.27. The molecule has 3 rings (SSSR count). The van der Waals surface area contributed by atoms with E-state index in [2.05, 4.69) is 10.2 Å². The second kappa shape index (κ2) is 8.52. The molecule has 1 atom stereocenters. The summed E-state index contributed by atoms with van der Waals surface area (Å²) in [5.74, 6) is -3.99. The summed E-state index contributed by atoms with van der Waals surface area (Å²) in [7, 11) is 1.62. The van der Waals surface area contributed by atoms with E-state index in [1.165, 1.54) is 0 Å². The molecule has 5 nitrogen and oxygen atoms in total. The number of methoxy groups -OCH3 is 1. The van der Waals surface area contributed by atoms with Crippen molar-refractivity contribution in [3.05, 3.63) is 53.8 Å². The van der Waals surface area contributed by atoms with Gasteiger partial charge in [-0.3, -0.25) is 9.69 Å². The first kappa shape index (κ1) is 20.0. The van der Waals surface area contributed by atoms with E-state index in [0.717, 1.165) is 23.6 Å². The Labute approximate surface area is 161 Å². The van der Waals surface area contributed by atoms with Crippen LogP contribution in [0.15, 0.2) is 36.4 Å². The standard InChI is InChI=1S/C20H22F3N3O2/c1-13(20(27)24-15-8-7-14(21)18(22)19(15)23)25-9-11-26(12-10-25)16-5-3-4-6-17(16)28-2/h3-8,13H,9-12H2,1-2H3,(H,24,27)/t13-/m1/s1. The minimum Gasteiger partial charge on any atom is -0.495 e. The molecule has 0 radical (unpaired) electrons. The first-order valence-electron chi connectivity index (χ1n) is 8.98. The lowest BCUT2D eigenvalue weighted by molar-refractivity contribution is -0.120. The van der Waals surface area contributed by atoms with Crippen molar-refractivity contribution in [3.63, 3.8) is 0 Å². The normalized spacial score (nSPS) is 16.0. The molecule has 1 heterocycles. The fourth-order valence-electron chi connectivity index (χ4n) is 3.27. The lowest BCUT2D eigenvalue weighted by atomic mass is 10.2. The third kappa shape index (κ3) is 4.06. The number of carbonyl (C=O) groups excluding carboxylic acids is 1. The van der Waals surface area contributed by atoms with Gasteiger partial charge in [0.1, 0.15) is 5.75 Å². The van der Waals surface area contributed by atoms with Crippen molar-refractivity contribution in [1.82, 2.24) is 4.90 Å². The van der Waals surface area contributed by atoms with Crippen LogP contribution in [0.3, 0.4) is 0 Å². The van der Waals surface area contributed by atoms with Gasteiger partial charge in [0.15, 0.2) is 17.5 Å². The molecule has 28 heavy (non-hydrogen) atoms. The van der Waals surface area contributed by atoms with Crippen molar-refractivity contribution in [3.8, 4) is 5.75 Å². The zero-order chi connectivity index (χ0) is 20.3. The molecule has 1 aliphatic heterocycles. The second-order valence-electron chi connectivity index (χ2n) is 6.58. The van der Waals surface area contributed by atoms with E-state index >= 15 is 0 Å². The van der Waals surface area contributed by atoms with E-state index in [-0.39, 0.29) is 5.69 Å². The van der Waals surface area contributed by atoms with Crippen molar-refractivity contribution in [2.45, 2.75) is 13.0 Å². The van der Waals surface area contributed by atoms with Crippen LogP contribution in [0.25, 0.3) is 0 Å². The highest BCUT2D eigenvalue weighted by Crippen LogP contribution is 2.28. The van der Waals surface area contributed by atoms with Crippen LogP contribution in [0.2, 0.25) is 0 Å². The Bertz CT molecular complexity index is 855. The Morgan fingerprint density at radius 1 is 1.04 bits per heavy atom. The third-order valence-corrected chi connectivity index (χ3v) is 4.96. The van der Waals surface area contributed by atoms with Gasteiger partial charge in [-0.15, -0.1) is 0 Å². The van der Waals surface area contributed by atoms with Gasteiger partial charge in [0.2, 0.25) is 5.91 Å². The van der Waals surface area contributed by atoms with Gasteiger partial charge in [0.25, 0.3) is 0 Å². The highest BCUT2D eigenvalue weighted by atomic mass is 19.2. The number of ether oxygens (including phenoxy) is 1. The Morgan fingerprint density at radius 3 is 2.39 bits per heavy atom. The minimum absolute atomic E-state index is 0.372. The number of carbonyl (C=O) groups is 1. The predicted octanol–water partition coefficient (Wildman–Crippen LogP) is 3.26. The van der Waals surface area contributed by atoms with Gasteiger partial charge in [-0.2, -0.15) is 0 Å². The first-order chi connectivity index (χ1) is 13.4. The summed E-state index contributed by atoms with van der Waals surface area (Å²) in [4.78, 5) is 16.6. The maximum Gasteiger partial charge on any atom is 0.241 e. The minimum atomic E-state index is -1.60. The van der Waals surface area contributed by atoms with Gasteiger partial charge in [-0.25, -0.2) is 13.2 Å². The molecular formula is C20H22F3N3O2. The van der Waals surface area contributed by atoms with Crippen LogP contribution >= 0.6 is 0 Å². The average Bonchev–Trinajstić information content (AvgIpc) is 2.73. The van der Waals surface area contributed by atoms with E-state index in [1.807, 2.05) is 29.2 Å². The van der Waals surface area contributed by atoms with Gasteiger partial charge in [0, 0.05) is 26.2 Å². The number of anilines is 2. The molecule has 1 fully saturated rings. The predicted molar refractivity (Wildman–Crippen MR) is 101 cm³/mol. The molecule has 0 bridgehead atoms. The van der Waals surface area contributed by atoms with E-state index in [9.17, 15) is 18.0 Å². The number of nitrogens with zero attached hydrogens (tertiary/aromatic N) is 2. The summed E-state index contributed by atoms with van der Waals surface area (Å²) >= 11 is 0. The molecule has 1 N–H and O–H groups in total. The summed E-state index contributed by atoms with van der Waals surface area (Å²) in [6.45, 7) is 4.32. The maximum atomic E-state index is 13.8. The van der Waals surface area contributed by atoms with Crippen molar-refractivity contribution in [2.75, 3.05) is 43.5 Å². The monoisotopic (exact) mass is 393 g/mol. The molecule has 8 heteroatoms. The van der Waals surface area contributed by atoms with Gasteiger partial charge in [-0.1, -0.05) is 12.1 Å². The molecule has 0 saturated carbocycles. The van der Waals surface area contributed by atoms with Crippen LogP contribution in [-0.4, -0.2) is 50.1 Å². The van der Waals surface area contributed by atoms with Crippen molar-refractivity contribution < 1.29 is 22.7 Å². The average molecular weight is 393 g/mol. The molecule has 0 aliphatic carbocycles. The Balaban J connectivity index is 1.61. The van der Waals surface area contributed by atoms with E-state index < -0.39 is 29.4 Å². The van der Waals surface area contributed by atoms with Crippen LogP contribution in [0.1, 0.15) is 6.92 Å². The number of piperazine rings is 1. The zero-order valence-corrected chi connectivity index (χ0v) is 15.7. The van der Waals surface area contributed by atoms with Crippen LogP contribution < -0.4 is 15.0 Å². The molecule has 1 saturated heterocycles. The summed E-state index contributed by atoms with van der Waals surface area (Å²) < 4.78 is 45.5. The molecule has 1 aliphatic rings. The number of amides is 1. The second-order valence-corrected chi connectivity index (χ2v) is 6.58. The first-order valence-corrected chi connectivity index (χ1v) is 8.98. The summed E-state index contributed by atoms with van der Waals surface area (Å²) in [5, 5.41) is 2.34. The van der Waals surface area contributed by atoms with E-state index in [4.69, 9.17) is 4.74 Å². The number of halogens is 3. The number of hydrogen-bond donors (Lipinski definition) is 1. The molecule has 2 aromatic carbocycles. The van der Waals surface area contributed by atoms with Crippen LogP contribution in [0, 0.1) is 17.5 Å². The van der Waals surface area contributed by atoms with Gasteiger partial charge >= 0.3 is 0 Å².